The predicted molar refractivity (Wildman–Crippen MR) is 61.2 cm³/mol. The number of ether oxygens (including phenoxy) is 1. The first-order valence-corrected chi connectivity index (χ1v) is 6.01. The minimum Gasteiger partial charge on any atom is -0.481 e. The predicted octanol–water partition coefficient (Wildman–Crippen LogP) is 2.75. The Hall–Kier alpha value is -1.06. The number of rotatable bonds is 9. The third-order valence-electron chi connectivity index (χ3n) is 2.43. The summed E-state index contributed by atoms with van der Waals surface area (Å²) in [5.74, 6) is -1.36. The molecule has 0 fully saturated rings. The number of esters is 1. The van der Waals surface area contributed by atoms with Crippen molar-refractivity contribution in [2.24, 2.45) is 0 Å². The summed E-state index contributed by atoms with van der Waals surface area (Å²) < 4.78 is 5.19. The van der Waals surface area contributed by atoms with E-state index < -0.39 is 11.9 Å². The first kappa shape index (κ1) is 14.9. The van der Waals surface area contributed by atoms with Gasteiger partial charge in [0.2, 0.25) is 0 Å². The van der Waals surface area contributed by atoms with Crippen molar-refractivity contribution in [1.29, 1.82) is 0 Å². The van der Waals surface area contributed by atoms with E-state index in [9.17, 15) is 9.59 Å². The Morgan fingerprint density at radius 1 is 1.19 bits per heavy atom. The number of carbonyl (C=O) groups excluding carboxylic acids is 1. The SMILES string of the molecule is CCCCCC(CC)OC(=O)CCC(=O)O. The summed E-state index contributed by atoms with van der Waals surface area (Å²) in [6, 6.07) is 0. The van der Waals surface area contributed by atoms with Crippen molar-refractivity contribution in [2.75, 3.05) is 0 Å². The molecule has 0 spiro atoms. The Kier molecular flexibility index (Phi) is 8.58. The second kappa shape index (κ2) is 9.19. The zero-order valence-electron chi connectivity index (χ0n) is 10.2. The van der Waals surface area contributed by atoms with Crippen molar-refractivity contribution in [3.05, 3.63) is 0 Å². The molecule has 0 radical (unpaired) electrons. The van der Waals surface area contributed by atoms with Gasteiger partial charge < -0.3 is 9.84 Å². The molecular weight excluding hydrogens is 208 g/mol. The Morgan fingerprint density at radius 3 is 2.38 bits per heavy atom. The van der Waals surface area contributed by atoms with E-state index in [-0.39, 0.29) is 18.9 Å². The lowest BCUT2D eigenvalue weighted by Crippen LogP contribution is -2.18. The zero-order valence-corrected chi connectivity index (χ0v) is 10.2. The van der Waals surface area contributed by atoms with E-state index >= 15 is 0 Å². The molecular formula is C12H22O4. The average molecular weight is 230 g/mol. The highest BCUT2D eigenvalue weighted by molar-refractivity contribution is 5.76. The monoisotopic (exact) mass is 230 g/mol. The van der Waals surface area contributed by atoms with Gasteiger partial charge in [0.1, 0.15) is 6.10 Å². The molecule has 1 atom stereocenters. The van der Waals surface area contributed by atoms with E-state index in [1.165, 1.54) is 0 Å². The minimum absolute atomic E-state index is 0.0282. The maximum absolute atomic E-state index is 11.3. The molecule has 16 heavy (non-hydrogen) atoms. The summed E-state index contributed by atoms with van der Waals surface area (Å²) >= 11 is 0. The number of carboxylic acids is 1. The largest absolute Gasteiger partial charge is 0.481 e. The van der Waals surface area contributed by atoms with Crippen molar-refractivity contribution in [2.45, 2.75) is 64.9 Å². The van der Waals surface area contributed by atoms with Crippen molar-refractivity contribution < 1.29 is 19.4 Å². The Morgan fingerprint density at radius 2 is 1.88 bits per heavy atom. The molecule has 0 saturated carbocycles. The number of hydrogen-bond acceptors (Lipinski definition) is 3. The summed E-state index contributed by atoms with van der Waals surface area (Å²) in [4.78, 5) is 21.5. The van der Waals surface area contributed by atoms with E-state index in [0.717, 1.165) is 32.1 Å². The molecule has 0 aliphatic carbocycles. The van der Waals surface area contributed by atoms with Crippen LogP contribution < -0.4 is 0 Å². The van der Waals surface area contributed by atoms with Crippen LogP contribution in [0.5, 0.6) is 0 Å². The molecule has 0 heterocycles. The Balaban J connectivity index is 3.74. The normalized spacial score (nSPS) is 12.1. The smallest absolute Gasteiger partial charge is 0.306 e. The van der Waals surface area contributed by atoms with E-state index in [1.54, 1.807) is 0 Å². The summed E-state index contributed by atoms with van der Waals surface area (Å²) in [6.45, 7) is 4.10. The number of unbranched alkanes of at least 4 members (excludes halogenated alkanes) is 2. The highest BCUT2D eigenvalue weighted by Gasteiger charge is 2.13. The van der Waals surface area contributed by atoms with Crippen molar-refractivity contribution in [3.63, 3.8) is 0 Å². The molecule has 0 aromatic heterocycles. The van der Waals surface area contributed by atoms with Crippen LogP contribution in [0.1, 0.15) is 58.8 Å². The van der Waals surface area contributed by atoms with Crippen molar-refractivity contribution in [3.8, 4) is 0 Å². The molecule has 94 valence electrons. The van der Waals surface area contributed by atoms with Gasteiger partial charge in [-0.25, -0.2) is 0 Å². The van der Waals surface area contributed by atoms with Crippen LogP contribution in [0, 0.1) is 0 Å². The maximum Gasteiger partial charge on any atom is 0.306 e. The van der Waals surface area contributed by atoms with Gasteiger partial charge in [-0.1, -0.05) is 26.7 Å². The summed E-state index contributed by atoms with van der Waals surface area (Å²) in [6.07, 6.45) is 4.79. The van der Waals surface area contributed by atoms with Crippen LogP contribution in [-0.2, 0) is 14.3 Å². The maximum atomic E-state index is 11.3. The van der Waals surface area contributed by atoms with E-state index in [2.05, 4.69) is 6.92 Å². The van der Waals surface area contributed by atoms with Gasteiger partial charge in [-0.3, -0.25) is 9.59 Å². The summed E-state index contributed by atoms with van der Waals surface area (Å²) in [5, 5.41) is 8.42. The second-order valence-electron chi connectivity index (χ2n) is 3.91. The van der Waals surface area contributed by atoms with Crippen LogP contribution in [0.3, 0.4) is 0 Å². The van der Waals surface area contributed by atoms with Gasteiger partial charge in [-0.2, -0.15) is 0 Å². The third kappa shape index (κ3) is 8.26. The number of hydrogen-bond donors (Lipinski definition) is 1. The molecule has 0 saturated heterocycles. The molecule has 4 nitrogen and oxygen atoms in total. The summed E-state index contributed by atoms with van der Waals surface area (Å²) in [7, 11) is 0. The van der Waals surface area contributed by atoms with Crippen molar-refractivity contribution in [1.82, 2.24) is 0 Å². The van der Waals surface area contributed by atoms with E-state index in [0.29, 0.717) is 0 Å². The average Bonchev–Trinajstić information content (AvgIpc) is 2.25. The van der Waals surface area contributed by atoms with Crippen molar-refractivity contribution >= 4 is 11.9 Å². The first-order valence-electron chi connectivity index (χ1n) is 6.01. The topological polar surface area (TPSA) is 63.6 Å². The minimum atomic E-state index is -0.962. The fourth-order valence-corrected chi connectivity index (χ4v) is 1.42. The number of aliphatic carboxylic acids is 1. The molecule has 4 heteroatoms. The van der Waals surface area contributed by atoms with Crippen LogP contribution in [0.25, 0.3) is 0 Å². The highest BCUT2D eigenvalue weighted by Crippen LogP contribution is 2.11. The standard InChI is InChI=1S/C12H22O4/c1-3-5-6-7-10(4-2)16-12(15)9-8-11(13)14/h10H,3-9H2,1-2H3,(H,13,14). The molecule has 1 unspecified atom stereocenters. The van der Waals surface area contributed by atoms with Crippen LogP contribution in [0.2, 0.25) is 0 Å². The van der Waals surface area contributed by atoms with Gasteiger partial charge in [0.05, 0.1) is 12.8 Å². The molecule has 1 N–H and O–H groups in total. The van der Waals surface area contributed by atoms with Gasteiger partial charge in [-0.05, 0) is 19.3 Å². The summed E-state index contributed by atoms with van der Waals surface area (Å²) in [5.41, 5.74) is 0. The van der Waals surface area contributed by atoms with Crippen LogP contribution >= 0.6 is 0 Å². The van der Waals surface area contributed by atoms with E-state index in [1.807, 2.05) is 6.92 Å². The second-order valence-corrected chi connectivity index (χ2v) is 3.91. The third-order valence-corrected chi connectivity index (χ3v) is 2.43. The Labute approximate surface area is 97.0 Å². The highest BCUT2D eigenvalue weighted by atomic mass is 16.5. The van der Waals surface area contributed by atoms with Gasteiger partial charge in [0.25, 0.3) is 0 Å². The molecule has 0 aliphatic heterocycles. The molecule has 0 aromatic carbocycles. The lowest BCUT2D eigenvalue weighted by molar-refractivity contribution is -0.152. The zero-order chi connectivity index (χ0) is 12.4. The fraction of sp³-hybridized carbons (Fsp3) is 0.833. The first-order chi connectivity index (χ1) is 7.60. The van der Waals surface area contributed by atoms with Crippen LogP contribution in [0.15, 0.2) is 0 Å². The Bertz CT molecular complexity index is 213. The number of carboxylic acid groups (broad SMARTS) is 1. The number of carbonyl (C=O) groups is 2. The molecule has 0 amide bonds. The van der Waals surface area contributed by atoms with Gasteiger partial charge in [0.15, 0.2) is 0 Å². The van der Waals surface area contributed by atoms with Gasteiger partial charge >= 0.3 is 11.9 Å². The van der Waals surface area contributed by atoms with Crippen LogP contribution in [0.4, 0.5) is 0 Å². The molecule has 0 aromatic rings. The van der Waals surface area contributed by atoms with Crippen LogP contribution in [-0.4, -0.2) is 23.1 Å². The lowest BCUT2D eigenvalue weighted by Gasteiger charge is -2.15. The molecule has 0 aliphatic rings. The van der Waals surface area contributed by atoms with E-state index in [4.69, 9.17) is 9.84 Å². The fourth-order valence-electron chi connectivity index (χ4n) is 1.42. The molecule has 0 rings (SSSR count). The van der Waals surface area contributed by atoms with Gasteiger partial charge in [-0.15, -0.1) is 0 Å². The van der Waals surface area contributed by atoms with Gasteiger partial charge in [0, 0.05) is 0 Å². The lowest BCUT2D eigenvalue weighted by atomic mass is 10.1. The molecule has 0 bridgehead atoms. The quantitative estimate of drug-likeness (QED) is 0.488.